The second-order valence-corrected chi connectivity index (χ2v) is 8.14. The van der Waals surface area contributed by atoms with E-state index in [1.807, 2.05) is 91.0 Å². The Balaban J connectivity index is 1.73. The Kier molecular flexibility index (Phi) is 3.76. The average Bonchev–Trinajstić information content (AvgIpc) is 3.25. The zero-order valence-electron chi connectivity index (χ0n) is 15.8. The molecule has 0 unspecified atom stereocenters. The summed E-state index contributed by atoms with van der Waals surface area (Å²) in [6.45, 7) is 0. The molecule has 3 aromatic carbocycles. The first-order chi connectivity index (χ1) is 14.8. The Bertz CT molecular complexity index is 1600. The topological polar surface area (TPSA) is 47.3 Å². The average molecular weight is 405 g/mol. The standard InChI is InChI=1S/C25H15N3OS/c29-25-20-15-21(16-9-3-1-4-10-16)30-24(20)26-23-19-14-8-7-13-18(19)22(27-28(23)25)17-11-5-2-6-12-17/h1-15H. The minimum absolute atomic E-state index is 0.142. The predicted molar refractivity (Wildman–Crippen MR) is 123 cm³/mol. The first-order valence-corrected chi connectivity index (χ1v) is 10.5. The maximum Gasteiger partial charge on any atom is 0.283 e. The molecule has 0 radical (unpaired) electrons. The van der Waals surface area contributed by atoms with E-state index in [1.165, 1.54) is 15.9 Å². The largest absolute Gasteiger partial charge is 0.283 e. The molecule has 3 heterocycles. The van der Waals surface area contributed by atoms with Crippen LogP contribution in [0.5, 0.6) is 0 Å². The summed E-state index contributed by atoms with van der Waals surface area (Å²) in [6.07, 6.45) is 0. The van der Waals surface area contributed by atoms with Crippen molar-refractivity contribution in [2.45, 2.75) is 0 Å². The highest BCUT2D eigenvalue weighted by atomic mass is 32.1. The third-order valence-electron chi connectivity index (χ3n) is 5.27. The highest BCUT2D eigenvalue weighted by Crippen LogP contribution is 2.33. The molecule has 142 valence electrons. The number of rotatable bonds is 2. The van der Waals surface area contributed by atoms with Crippen LogP contribution in [0.3, 0.4) is 0 Å². The van der Waals surface area contributed by atoms with Crippen molar-refractivity contribution >= 4 is 38.0 Å². The number of fused-ring (bicyclic) bond motifs is 4. The lowest BCUT2D eigenvalue weighted by atomic mass is 10.0. The molecule has 0 atom stereocenters. The van der Waals surface area contributed by atoms with Gasteiger partial charge in [-0.3, -0.25) is 4.79 Å². The molecule has 0 spiro atoms. The first kappa shape index (κ1) is 17.1. The third kappa shape index (κ3) is 2.56. The summed E-state index contributed by atoms with van der Waals surface area (Å²) >= 11 is 1.54. The van der Waals surface area contributed by atoms with Crippen molar-refractivity contribution in [3.05, 3.63) is 101 Å². The quantitative estimate of drug-likeness (QED) is 0.343. The second kappa shape index (κ2) is 6.61. The van der Waals surface area contributed by atoms with Gasteiger partial charge in [0.25, 0.3) is 5.56 Å². The van der Waals surface area contributed by atoms with E-state index in [-0.39, 0.29) is 5.56 Å². The molecular formula is C25H15N3OS. The minimum Gasteiger partial charge on any atom is -0.267 e. The van der Waals surface area contributed by atoms with Gasteiger partial charge in [0.2, 0.25) is 0 Å². The van der Waals surface area contributed by atoms with Gasteiger partial charge in [-0.2, -0.15) is 9.61 Å². The van der Waals surface area contributed by atoms with E-state index in [0.717, 1.165) is 37.3 Å². The van der Waals surface area contributed by atoms with Gasteiger partial charge in [-0.25, -0.2) is 4.98 Å². The van der Waals surface area contributed by atoms with E-state index in [0.29, 0.717) is 11.0 Å². The monoisotopic (exact) mass is 405 g/mol. The van der Waals surface area contributed by atoms with Crippen molar-refractivity contribution in [1.82, 2.24) is 14.6 Å². The van der Waals surface area contributed by atoms with E-state index in [2.05, 4.69) is 0 Å². The van der Waals surface area contributed by atoms with Crippen LogP contribution in [0, 0.1) is 0 Å². The van der Waals surface area contributed by atoms with Gasteiger partial charge < -0.3 is 0 Å². The minimum atomic E-state index is -0.142. The van der Waals surface area contributed by atoms with Crippen molar-refractivity contribution in [1.29, 1.82) is 0 Å². The summed E-state index contributed by atoms with van der Waals surface area (Å²) in [6, 6.07) is 29.9. The molecule has 0 amide bonds. The number of aromatic nitrogens is 3. The van der Waals surface area contributed by atoms with Gasteiger partial charge in [-0.05, 0) is 11.6 Å². The second-order valence-electron chi connectivity index (χ2n) is 7.11. The summed E-state index contributed by atoms with van der Waals surface area (Å²) in [5.41, 5.74) is 3.27. The van der Waals surface area contributed by atoms with E-state index >= 15 is 0 Å². The van der Waals surface area contributed by atoms with Crippen LogP contribution in [0.4, 0.5) is 0 Å². The SMILES string of the molecule is O=c1c2cc(-c3ccccc3)sc2nc2c3ccccc3c(-c3ccccc3)nn12. The van der Waals surface area contributed by atoms with Crippen molar-refractivity contribution in [2.24, 2.45) is 0 Å². The molecule has 5 heteroatoms. The van der Waals surface area contributed by atoms with Crippen LogP contribution in [0.2, 0.25) is 0 Å². The molecule has 3 aromatic heterocycles. The van der Waals surface area contributed by atoms with Gasteiger partial charge in [-0.15, -0.1) is 11.3 Å². The molecule has 0 bridgehead atoms. The van der Waals surface area contributed by atoms with Crippen LogP contribution in [0.15, 0.2) is 95.8 Å². The number of thiophene rings is 1. The molecule has 0 saturated heterocycles. The summed E-state index contributed by atoms with van der Waals surface area (Å²) in [7, 11) is 0. The van der Waals surface area contributed by atoms with Gasteiger partial charge in [0, 0.05) is 21.2 Å². The van der Waals surface area contributed by atoms with Gasteiger partial charge >= 0.3 is 0 Å². The Hall–Kier alpha value is -3.83. The fourth-order valence-electron chi connectivity index (χ4n) is 3.83. The molecular weight excluding hydrogens is 390 g/mol. The maximum atomic E-state index is 13.4. The highest BCUT2D eigenvalue weighted by Gasteiger charge is 2.16. The van der Waals surface area contributed by atoms with Crippen LogP contribution in [0.1, 0.15) is 0 Å². The zero-order chi connectivity index (χ0) is 20.1. The van der Waals surface area contributed by atoms with Gasteiger partial charge in [-0.1, -0.05) is 84.9 Å². The van der Waals surface area contributed by atoms with E-state index < -0.39 is 0 Å². The molecule has 0 N–H and O–H groups in total. The van der Waals surface area contributed by atoms with Crippen LogP contribution < -0.4 is 5.56 Å². The number of benzene rings is 3. The normalized spacial score (nSPS) is 11.5. The van der Waals surface area contributed by atoms with E-state index in [9.17, 15) is 4.79 Å². The van der Waals surface area contributed by atoms with Gasteiger partial charge in [0.05, 0.1) is 11.1 Å². The Morgan fingerprint density at radius 2 is 1.33 bits per heavy atom. The first-order valence-electron chi connectivity index (χ1n) is 9.66. The lowest BCUT2D eigenvalue weighted by Gasteiger charge is -2.09. The molecule has 6 rings (SSSR count). The number of hydrogen-bond acceptors (Lipinski definition) is 4. The fourth-order valence-corrected chi connectivity index (χ4v) is 4.86. The Morgan fingerprint density at radius 3 is 2.07 bits per heavy atom. The van der Waals surface area contributed by atoms with Crippen molar-refractivity contribution < 1.29 is 0 Å². The van der Waals surface area contributed by atoms with Gasteiger partial charge in [0.1, 0.15) is 4.83 Å². The smallest absolute Gasteiger partial charge is 0.267 e. The molecule has 0 fully saturated rings. The number of nitrogens with zero attached hydrogens (tertiary/aromatic N) is 3. The van der Waals surface area contributed by atoms with E-state index in [4.69, 9.17) is 10.1 Å². The van der Waals surface area contributed by atoms with Crippen LogP contribution in [0.25, 0.3) is 48.3 Å². The summed E-state index contributed by atoms with van der Waals surface area (Å²) in [5.74, 6) is 0. The lowest BCUT2D eigenvalue weighted by molar-refractivity contribution is 0.899. The predicted octanol–water partition coefficient (Wildman–Crippen LogP) is 5.79. The van der Waals surface area contributed by atoms with E-state index in [1.54, 1.807) is 0 Å². The third-order valence-corrected chi connectivity index (χ3v) is 6.35. The fraction of sp³-hybridized carbons (Fsp3) is 0. The molecule has 0 saturated carbocycles. The zero-order valence-corrected chi connectivity index (χ0v) is 16.6. The van der Waals surface area contributed by atoms with Crippen LogP contribution in [-0.2, 0) is 0 Å². The summed E-state index contributed by atoms with van der Waals surface area (Å²) in [4.78, 5) is 20.1. The molecule has 0 aliphatic carbocycles. The molecule has 30 heavy (non-hydrogen) atoms. The Labute approximate surface area is 175 Å². The van der Waals surface area contributed by atoms with Gasteiger partial charge in [0.15, 0.2) is 5.65 Å². The molecule has 0 aliphatic rings. The maximum absolute atomic E-state index is 13.4. The lowest BCUT2D eigenvalue weighted by Crippen LogP contribution is -2.18. The summed E-state index contributed by atoms with van der Waals surface area (Å²) in [5, 5.41) is 7.25. The highest BCUT2D eigenvalue weighted by molar-refractivity contribution is 7.21. The Morgan fingerprint density at radius 1 is 0.700 bits per heavy atom. The van der Waals surface area contributed by atoms with Crippen LogP contribution >= 0.6 is 11.3 Å². The van der Waals surface area contributed by atoms with Crippen molar-refractivity contribution in [3.63, 3.8) is 0 Å². The molecule has 4 nitrogen and oxygen atoms in total. The van der Waals surface area contributed by atoms with Crippen molar-refractivity contribution in [3.8, 4) is 21.7 Å². The number of hydrogen-bond donors (Lipinski definition) is 0. The van der Waals surface area contributed by atoms with Crippen LogP contribution in [-0.4, -0.2) is 14.6 Å². The van der Waals surface area contributed by atoms with Crippen molar-refractivity contribution in [2.75, 3.05) is 0 Å². The summed E-state index contributed by atoms with van der Waals surface area (Å²) < 4.78 is 1.45. The molecule has 0 aliphatic heterocycles. The molecule has 6 aromatic rings.